The fraction of sp³-hybridized carbons (Fsp3) is 0.846. The first-order chi connectivity index (χ1) is 8.64. The minimum Gasteiger partial charge on any atom is -0.380 e. The highest BCUT2D eigenvalue weighted by atomic mass is 16.3. The Morgan fingerprint density at radius 3 is 2.56 bits per heavy atom. The zero-order valence-electron chi connectivity index (χ0n) is 10.5. The van der Waals surface area contributed by atoms with Gasteiger partial charge in [-0.25, -0.2) is 0 Å². The summed E-state index contributed by atoms with van der Waals surface area (Å²) in [6.07, 6.45) is 4.43. The molecule has 1 N–H and O–H groups in total. The lowest BCUT2D eigenvalue weighted by atomic mass is 9.79. The molecule has 1 aliphatic heterocycles. The van der Waals surface area contributed by atoms with Crippen LogP contribution in [-0.2, 0) is 4.79 Å². The molecule has 2 saturated carbocycles. The van der Waals surface area contributed by atoms with Gasteiger partial charge in [0.1, 0.15) is 11.6 Å². The lowest BCUT2D eigenvalue weighted by molar-refractivity contribution is -0.162. The molecule has 1 heterocycles. The average molecular weight is 249 g/mol. The summed E-state index contributed by atoms with van der Waals surface area (Å²) in [5.41, 5.74) is -1.12. The maximum Gasteiger partial charge on any atom is 0.254 e. The van der Waals surface area contributed by atoms with Crippen molar-refractivity contribution in [3.63, 3.8) is 0 Å². The number of rotatable bonds is 2. The Hall–Kier alpha value is -1.12. The van der Waals surface area contributed by atoms with E-state index in [9.17, 15) is 15.2 Å². The van der Waals surface area contributed by atoms with Crippen LogP contribution in [0.3, 0.4) is 0 Å². The second-order valence-electron chi connectivity index (χ2n) is 5.75. The monoisotopic (exact) mass is 249 g/mol. The topological polar surface area (TPSA) is 67.6 Å². The third-order valence-corrected chi connectivity index (χ3v) is 4.45. The van der Waals surface area contributed by atoms with Crippen LogP contribution in [0.25, 0.3) is 0 Å². The van der Waals surface area contributed by atoms with Crippen molar-refractivity contribution >= 4 is 5.91 Å². The van der Waals surface area contributed by atoms with E-state index < -0.39 is 5.60 Å². The lowest BCUT2D eigenvalue weighted by Crippen LogP contribution is -2.61. The Labute approximate surface area is 107 Å². The van der Waals surface area contributed by atoms with Gasteiger partial charge in [0.15, 0.2) is 0 Å². The van der Waals surface area contributed by atoms with Gasteiger partial charge >= 0.3 is 0 Å². The molecule has 3 rings (SSSR count). The number of carbonyl (C=O) groups is 1. The molecule has 18 heavy (non-hydrogen) atoms. The molecular formula is C13H19N3O2. The van der Waals surface area contributed by atoms with Gasteiger partial charge in [-0.05, 0) is 32.1 Å². The molecule has 0 radical (unpaired) electrons. The Bertz CT molecular complexity index is 396. The van der Waals surface area contributed by atoms with E-state index in [4.69, 9.17) is 0 Å². The Morgan fingerprint density at radius 2 is 2.06 bits per heavy atom. The molecule has 0 aromatic rings. The number of nitriles is 1. The molecule has 1 atom stereocenters. The zero-order valence-corrected chi connectivity index (χ0v) is 10.5. The SMILES string of the molecule is N#CC1CN(C(=O)C2(O)CCC2)CCN1C1CC1. The van der Waals surface area contributed by atoms with Crippen LogP contribution in [0.1, 0.15) is 32.1 Å². The first-order valence-electron chi connectivity index (χ1n) is 6.81. The standard InChI is InChI=1S/C13H19N3O2/c14-8-11-9-15(6-7-16(11)10-2-3-10)12(17)13(18)4-1-5-13/h10-11,18H,1-7,9H2. The van der Waals surface area contributed by atoms with Crippen LogP contribution in [-0.4, -0.2) is 58.1 Å². The molecule has 1 amide bonds. The van der Waals surface area contributed by atoms with Gasteiger partial charge in [0.25, 0.3) is 5.91 Å². The summed E-state index contributed by atoms with van der Waals surface area (Å²) >= 11 is 0. The summed E-state index contributed by atoms with van der Waals surface area (Å²) in [5.74, 6) is -0.163. The van der Waals surface area contributed by atoms with Gasteiger partial charge < -0.3 is 10.0 Å². The Kier molecular flexibility index (Phi) is 2.80. The van der Waals surface area contributed by atoms with Gasteiger partial charge in [-0.15, -0.1) is 0 Å². The lowest BCUT2D eigenvalue weighted by Gasteiger charge is -2.44. The molecule has 1 unspecified atom stereocenters. The van der Waals surface area contributed by atoms with Gasteiger partial charge in [0.2, 0.25) is 0 Å². The number of piperazine rings is 1. The van der Waals surface area contributed by atoms with Crippen LogP contribution in [0.15, 0.2) is 0 Å². The third kappa shape index (κ3) is 1.90. The third-order valence-electron chi connectivity index (χ3n) is 4.45. The quantitative estimate of drug-likeness (QED) is 0.753. The Balaban J connectivity index is 1.65. The highest BCUT2D eigenvalue weighted by molar-refractivity contribution is 5.86. The van der Waals surface area contributed by atoms with E-state index in [1.165, 1.54) is 12.8 Å². The second kappa shape index (κ2) is 4.22. The maximum absolute atomic E-state index is 12.2. The van der Waals surface area contributed by atoms with Gasteiger partial charge in [-0.2, -0.15) is 5.26 Å². The first kappa shape index (κ1) is 11.9. The van der Waals surface area contributed by atoms with Crippen LogP contribution >= 0.6 is 0 Å². The number of hydrogen-bond acceptors (Lipinski definition) is 4. The first-order valence-corrected chi connectivity index (χ1v) is 6.81. The second-order valence-corrected chi connectivity index (χ2v) is 5.75. The van der Waals surface area contributed by atoms with E-state index in [0.717, 1.165) is 13.0 Å². The highest BCUT2D eigenvalue weighted by Gasteiger charge is 2.47. The normalized spacial score (nSPS) is 31.6. The van der Waals surface area contributed by atoms with Crippen LogP contribution in [0.2, 0.25) is 0 Å². The fourth-order valence-electron chi connectivity index (χ4n) is 2.96. The summed E-state index contributed by atoms with van der Waals surface area (Å²) in [4.78, 5) is 16.1. The molecule has 98 valence electrons. The van der Waals surface area contributed by atoms with Crippen molar-refractivity contribution in [1.82, 2.24) is 9.80 Å². The molecule has 0 spiro atoms. The van der Waals surface area contributed by atoms with Crippen molar-refractivity contribution in [2.75, 3.05) is 19.6 Å². The van der Waals surface area contributed by atoms with Crippen molar-refractivity contribution in [2.45, 2.75) is 49.8 Å². The molecule has 0 aromatic heterocycles. The van der Waals surface area contributed by atoms with Crippen molar-refractivity contribution in [3.8, 4) is 6.07 Å². The van der Waals surface area contributed by atoms with E-state index in [0.29, 0.717) is 32.0 Å². The molecule has 3 aliphatic rings. The minimum absolute atomic E-state index is 0.163. The number of amides is 1. The fourth-order valence-corrected chi connectivity index (χ4v) is 2.96. The summed E-state index contributed by atoms with van der Waals surface area (Å²) < 4.78 is 0. The van der Waals surface area contributed by atoms with Gasteiger partial charge in [-0.3, -0.25) is 9.69 Å². The molecule has 3 fully saturated rings. The average Bonchev–Trinajstić information content (AvgIpc) is 3.18. The van der Waals surface area contributed by atoms with E-state index in [1.54, 1.807) is 4.90 Å². The van der Waals surface area contributed by atoms with Crippen LogP contribution in [0.5, 0.6) is 0 Å². The van der Waals surface area contributed by atoms with Crippen molar-refractivity contribution < 1.29 is 9.90 Å². The van der Waals surface area contributed by atoms with Crippen LogP contribution in [0, 0.1) is 11.3 Å². The highest BCUT2D eigenvalue weighted by Crippen LogP contribution is 2.35. The predicted octanol–water partition coefficient (Wildman–Crippen LogP) is 0.100. The number of hydrogen-bond donors (Lipinski definition) is 1. The predicted molar refractivity (Wildman–Crippen MR) is 64.5 cm³/mol. The Morgan fingerprint density at radius 1 is 1.33 bits per heavy atom. The van der Waals surface area contributed by atoms with Crippen molar-refractivity contribution in [1.29, 1.82) is 5.26 Å². The molecule has 1 saturated heterocycles. The van der Waals surface area contributed by atoms with E-state index in [-0.39, 0.29) is 11.9 Å². The molecule has 5 heteroatoms. The summed E-state index contributed by atoms with van der Waals surface area (Å²) in [7, 11) is 0. The van der Waals surface area contributed by atoms with Crippen LogP contribution < -0.4 is 0 Å². The van der Waals surface area contributed by atoms with Gasteiger partial charge in [0.05, 0.1) is 6.07 Å². The largest absolute Gasteiger partial charge is 0.380 e. The molecule has 0 bridgehead atoms. The number of nitrogens with zero attached hydrogens (tertiary/aromatic N) is 3. The van der Waals surface area contributed by atoms with E-state index >= 15 is 0 Å². The smallest absolute Gasteiger partial charge is 0.254 e. The van der Waals surface area contributed by atoms with Gasteiger partial charge in [-0.1, -0.05) is 0 Å². The van der Waals surface area contributed by atoms with Crippen molar-refractivity contribution in [3.05, 3.63) is 0 Å². The van der Waals surface area contributed by atoms with Crippen LogP contribution in [0.4, 0.5) is 0 Å². The molecular weight excluding hydrogens is 230 g/mol. The molecule has 5 nitrogen and oxygen atoms in total. The number of aliphatic hydroxyl groups is 1. The van der Waals surface area contributed by atoms with Gasteiger partial charge in [0, 0.05) is 25.7 Å². The zero-order chi connectivity index (χ0) is 12.8. The van der Waals surface area contributed by atoms with E-state index in [2.05, 4.69) is 11.0 Å². The maximum atomic E-state index is 12.2. The molecule has 0 aromatic carbocycles. The molecule has 2 aliphatic carbocycles. The summed E-state index contributed by atoms with van der Waals surface area (Å²) in [6, 6.07) is 2.66. The van der Waals surface area contributed by atoms with E-state index in [1.807, 2.05) is 0 Å². The summed E-state index contributed by atoms with van der Waals surface area (Å²) in [5, 5.41) is 19.3. The summed E-state index contributed by atoms with van der Waals surface area (Å²) in [6.45, 7) is 1.87. The van der Waals surface area contributed by atoms with Crippen molar-refractivity contribution in [2.24, 2.45) is 0 Å². The minimum atomic E-state index is -1.12. The number of carbonyl (C=O) groups excluding carboxylic acids is 1.